The maximum absolute atomic E-state index is 11.1. The Balaban J connectivity index is 3.00. The van der Waals surface area contributed by atoms with E-state index in [1.807, 2.05) is 12.1 Å². The van der Waals surface area contributed by atoms with Gasteiger partial charge >= 0.3 is 5.97 Å². The number of benzene rings is 1. The van der Waals surface area contributed by atoms with E-state index in [1.54, 1.807) is 18.9 Å². The summed E-state index contributed by atoms with van der Waals surface area (Å²) in [5, 5.41) is 9.10. The third kappa shape index (κ3) is 5.08. The van der Waals surface area contributed by atoms with E-state index < -0.39 is 5.97 Å². The molecule has 0 aliphatic heterocycles. The van der Waals surface area contributed by atoms with Crippen molar-refractivity contribution in [3.05, 3.63) is 23.8 Å². The summed E-state index contributed by atoms with van der Waals surface area (Å²) in [6.45, 7) is 4.23. The van der Waals surface area contributed by atoms with Crippen LogP contribution in [0.5, 0.6) is 5.75 Å². The summed E-state index contributed by atoms with van der Waals surface area (Å²) in [5.74, 6) is 1.10. The molecule has 0 radical (unpaired) electrons. The van der Waals surface area contributed by atoms with Gasteiger partial charge in [0.15, 0.2) is 0 Å². The summed E-state index contributed by atoms with van der Waals surface area (Å²) in [6.07, 6.45) is 3.16. The lowest BCUT2D eigenvalue weighted by Gasteiger charge is -2.19. The predicted molar refractivity (Wildman–Crippen MR) is 83.9 cm³/mol. The van der Waals surface area contributed by atoms with E-state index in [-0.39, 0.29) is 12.3 Å². The van der Waals surface area contributed by atoms with Crippen molar-refractivity contribution >= 4 is 17.7 Å². The maximum atomic E-state index is 11.1. The van der Waals surface area contributed by atoms with E-state index in [0.717, 1.165) is 41.2 Å². The van der Waals surface area contributed by atoms with Crippen LogP contribution in [0.1, 0.15) is 51.0 Å². The van der Waals surface area contributed by atoms with E-state index >= 15 is 0 Å². The molecule has 0 saturated heterocycles. The predicted octanol–water partition coefficient (Wildman–Crippen LogP) is 4.56. The Morgan fingerprint density at radius 1 is 1.40 bits per heavy atom. The fourth-order valence-electron chi connectivity index (χ4n) is 2.31. The Morgan fingerprint density at radius 2 is 2.15 bits per heavy atom. The van der Waals surface area contributed by atoms with Crippen LogP contribution in [0.3, 0.4) is 0 Å². The Labute approximate surface area is 125 Å². The normalized spacial score (nSPS) is 12.2. The number of ether oxygens (including phenoxy) is 1. The molecule has 0 amide bonds. The van der Waals surface area contributed by atoms with Gasteiger partial charge in [0, 0.05) is 4.90 Å². The SMILES string of the molecule is CCCCC(CC(=O)O)c1ccc(SCC)cc1OC. The lowest BCUT2D eigenvalue weighted by Crippen LogP contribution is -2.08. The molecule has 3 nitrogen and oxygen atoms in total. The lowest BCUT2D eigenvalue weighted by atomic mass is 9.90. The molecule has 0 aliphatic rings. The van der Waals surface area contributed by atoms with Crippen molar-refractivity contribution in [1.29, 1.82) is 0 Å². The summed E-state index contributed by atoms with van der Waals surface area (Å²) >= 11 is 1.76. The molecule has 0 aromatic heterocycles. The largest absolute Gasteiger partial charge is 0.496 e. The van der Waals surface area contributed by atoms with Gasteiger partial charge < -0.3 is 9.84 Å². The number of carboxylic acids is 1. The Bertz CT molecular complexity index is 432. The van der Waals surface area contributed by atoms with Crippen LogP contribution in [0.4, 0.5) is 0 Å². The van der Waals surface area contributed by atoms with E-state index in [1.165, 1.54) is 0 Å². The number of hydrogen-bond donors (Lipinski definition) is 1. The van der Waals surface area contributed by atoms with Gasteiger partial charge in [-0.2, -0.15) is 0 Å². The molecular formula is C16H24O3S. The highest BCUT2D eigenvalue weighted by molar-refractivity contribution is 7.99. The van der Waals surface area contributed by atoms with Gasteiger partial charge in [-0.05, 0) is 35.8 Å². The van der Waals surface area contributed by atoms with Gasteiger partial charge in [-0.25, -0.2) is 0 Å². The molecule has 0 saturated carbocycles. The van der Waals surface area contributed by atoms with Crippen LogP contribution >= 0.6 is 11.8 Å². The number of rotatable bonds is 9. The van der Waals surface area contributed by atoms with Gasteiger partial charge in [-0.1, -0.05) is 32.8 Å². The minimum absolute atomic E-state index is 0.0306. The second kappa shape index (κ2) is 8.90. The van der Waals surface area contributed by atoms with Gasteiger partial charge in [0.1, 0.15) is 5.75 Å². The minimum atomic E-state index is -0.750. The van der Waals surface area contributed by atoms with Crippen molar-refractivity contribution < 1.29 is 14.6 Å². The van der Waals surface area contributed by atoms with Crippen LogP contribution in [0.25, 0.3) is 0 Å². The summed E-state index contributed by atoms with van der Waals surface area (Å²) in [5.41, 5.74) is 1.02. The average molecular weight is 296 g/mol. The molecule has 20 heavy (non-hydrogen) atoms. The Hall–Kier alpha value is -1.16. The van der Waals surface area contributed by atoms with E-state index in [2.05, 4.69) is 19.9 Å². The number of thioether (sulfide) groups is 1. The van der Waals surface area contributed by atoms with Gasteiger partial charge in [0.25, 0.3) is 0 Å². The second-order valence-electron chi connectivity index (χ2n) is 4.77. The number of methoxy groups -OCH3 is 1. The topological polar surface area (TPSA) is 46.5 Å². The molecule has 1 rings (SSSR count). The minimum Gasteiger partial charge on any atom is -0.496 e. The maximum Gasteiger partial charge on any atom is 0.303 e. The number of carbonyl (C=O) groups is 1. The van der Waals surface area contributed by atoms with E-state index in [4.69, 9.17) is 9.84 Å². The lowest BCUT2D eigenvalue weighted by molar-refractivity contribution is -0.137. The van der Waals surface area contributed by atoms with Crippen LogP contribution in [0.2, 0.25) is 0 Å². The van der Waals surface area contributed by atoms with Crippen molar-refractivity contribution in [1.82, 2.24) is 0 Å². The average Bonchev–Trinajstić information content (AvgIpc) is 2.43. The van der Waals surface area contributed by atoms with E-state index in [9.17, 15) is 4.79 Å². The van der Waals surface area contributed by atoms with Crippen molar-refractivity contribution in [2.24, 2.45) is 0 Å². The number of hydrogen-bond acceptors (Lipinski definition) is 3. The van der Waals surface area contributed by atoms with Gasteiger partial charge in [-0.3, -0.25) is 4.79 Å². The first kappa shape index (κ1) is 16.9. The fourth-order valence-corrected chi connectivity index (χ4v) is 3.00. The first-order valence-corrected chi connectivity index (χ1v) is 8.13. The van der Waals surface area contributed by atoms with Crippen LogP contribution < -0.4 is 4.74 Å². The highest BCUT2D eigenvalue weighted by atomic mass is 32.2. The Morgan fingerprint density at radius 3 is 2.70 bits per heavy atom. The zero-order chi connectivity index (χ0) is 15.0. The molecule has 112 valence electrons. The molecular weight excluding hydrogens is 272 g/mol. The monoisotopic (exact) mass is 296 g/mol. The molecule has 0 aliphatic carbocycles. The van der Waals surface area contributed by atoms with Crippen molar-refractivity contribution in [2.75, 3.05) is 12.9 Å². The van der Waals surface area contributed by atoms with Gasteiger partial charge in [-0.15, -0.1) is 11.8 Å². The standard InChI is InChI=1S/C16H24O3S/c1-4-6-7-12(10-16(17)18)14-9-8-13(20-5-2)11-15(14)19-3/h8-9,11-12H,4-7,10H2,1-3H3,(H,17,18). The number of aliphatic carboxylic acids is 1. The highest BCUT2D eigenvalue weighted by Gasteiger charge is 2.19. The molecule has 1 unspecified atom stereocenters. The molecule has 1 aromatic carbocycles. The van der Waals surface area contributed by atoms with Gasteiger partial charge in [0.2, 0.25) is 0 Å². The zero-order valence-electron chi connectivity index (χ0n) is 12.5. The molecule has 4 heteroatoms. The summed E-state index contributed by atoms with van der Waals surface area (Å²) in [4.78, 5) is 12.2. The van der Waals surface area contributed by atoms with Crippen LogP contribution in [-0.4, -0.2) is 23.9 Å². The smallest absolute Gasteiger partial charge is 0.303 e. The molecule has 1 aromatic rings. The van der Waals surface area contributed by atoms with Crippen LogP contribution in [0.15, 0.2) is 23.1 Å². The second-order valence-corrected chi connectivity index (χ2v) is 6.11. The third-order valence-corrected chi connectivity index (χ3v) is 4.16. The number of carboxylic acid groups (broad SMARTS) is 1. The fraction of sp³-hybridized carbons (Fsp3) is 0.562. The summed E-state index contributed by atoms with van der Waals surface area (Å²) in [7, 11) is 1.65. The quantitative estimate of drug-likeness (QED) is 0.679. The summed E-state index contributed by atoms with van der Waals surface area (Å²) in [6, 6.07) is 6.11. The van der Waals surface area contributed by atoms with Crippen molar-refractivity contribution in [3.63, 3.8) is 0 Å². The molecule has 0 bridgehead atoms. The molecule has 0 fully saturated rings. The molecule has 0 spiro atoms. The highest BCUT2D eigenvalue weighted by Crippen LogP contribution is 2.35. The first-order valence-electron chi connectivity index (χ1n) is 7.14. The van der Waals surface area contributed by atoms with Crippen molar-refractivity contribution in [2.45, 2.75) is 50.3 Å². The Kier molecular flexibility index (Phi) is 7.52. The molecule has 0 heterocycles. The van der Waals surface area contributed by atoms with Crippen LogP contribution in [0, 0.1) is 0 Å². The van der Waals surface area contributed by atoms with Crippen LogP contribution in [-0.2, 0) is 4.79 Å². The van der Waals surface area contributed by atoms with Crippen molar-refractivity contribution in [3.8, 4) is 5.75 Å². The molecule has 1 atom stereocenters. The number of unbranched alkanes of at least 4 members (excludes halogenated alkanes) is 1. The van der Waals surface area contributed by atoms with E-state index in [0.29, 0.717) is 0 Å². The zero-order valence-corrected chi connectivity index (χ0v) is 13.3. The summed E-state index contributed by atoms with van der Waals surface area (Å²) < 4.78 is 5.47. The van der Waals surface area contributed by atoms with Gasteiger partial charge in [0.05, 0.1) is 13.5 Å². The first-order chi connectivity index (χ1) is 9.62. The molecule has 1 N–H and O–H groups in total. The third-order valence-electron chi connectivity index (χ3n) is 3.28.